The van der Waals surface area contributed by atoms with Gasteiger partial charge in [-0.25, -0.2) is 8.78 Å². The third-order valence-electron chi connectivity index (χ3n) is 12.3. The Morgan fingerprint density at radius 1 is 0.933 bits per heavy atom. The Labute approximate surface area is 266 Å². The van der Waals surface area contributed by atoms with Crippen LogP contribution in [0.5, 0.6) is 0 Å². The smallest absolute Gasteiger partial charge is 0.228 e. The largest absolute Gasteiger partial charge is 0.372 e. The van der Waals surface area contributed by atoms with E-state index < -0.39 is 36.5 Å². The van der Waals surface area contributed by atoms with Gasteiger partial charge in [0.25, 0.3) is 0 Å². The summed E-state index contributed by atoms with van der Waals surface area (Å²) >= 11 is 0. The van der Waals surface area contributed by atoms with Crippen molar-refractivity contribution in [2.24, 2.45) is 23.0 Å². The second-order valence-corrected chi connectivity index (χ2v) is 15.1. The van der Waals surface area contributed by atoms with Gasteiger partial charge in [0, 0.05) is 61.8 Å². The maximum Gasteiger partial charge on any atom is 0.228 e. The van der Waals surface area contributed by atoms with Crippen LogP contribution in [-0.2, 0) is 9.59 Å². The fourth-order valence-electron chi connectivity index (χ4n) is 9.75. The maximum absolute atomic E-state index is 15.7. The van der Waals surface area contributed by atoms with Crippen LogP contribution in [0.25, 0.3) is 0 Å². The van der Waals surface area contributed by atoms with Crippen molar-refractivity contribution >= 4 is 11.8 Å². The molecule has 6 heterocycles. The van der Waals surface area contributed by atoms with E-state index in [9.17, 15) is 14.0 Å². The molecule has 1 saturated carbocycles. The van der Waals surface area contributed by atoms with Crippen LogP contribution < -0.4 is 27.0 Å². The lowest BCUT2D eigenvalue weighted by Gasteiger charge is -2.49. The maximum atomic E-state index is 15.7. The topological polar surface area (TPSA) is 118 Å². The summed E-state index contributed by atoms with van der Waals surface area (Å²) in [6.07, 6.45) is 8.81. The van der Waals surface area contributed by atoms with Crippen LogP contribution in [0.2, 0.25) is 0 Å². The molecule has 7 aliphatic rings. The molecule has 7 rings (SSSR count). The van der Waals surface area contributed by atoms with Crippen molar-refractivity contribution in [1.29, 1.82) is 0 Å². The summed E-state index contributed by atoms with van der Waals surface area (Å²) in [5.41, 5.74) is 7.35. The van der Waals surface area contributed by atoms with Gasteiger partial charge in [-0.3, -0.25) is 19.4 Å². The van der Waals surface area contributed by atoms with Crippen LogP contribution in [0.1, 0.15) is 64.2 Å². The molecule has 0 aromatic heterocycles. The first kappa shape index (κ1) is 31.7. The highest BCUT2D eigenvalue weighted by Gasteiger charge is 2.50. The van der Waals surface area contributed by atoms with E-state index in [0.29, 0.717) is 38.5 Å². The van der Waals surface area contributed by atoms with Gasteiger partial charge < -0.3 is 31.9 Å². The second-order valence-electron chi connectivity index (χ2n) is 15.1. The van der Waals surface area contributed by atoms with E-state index in [4.69, 9.17) is 5.73 Å². The summed E-state index contributed by atoms with van der Waals surface area (Å²) in [6.45, 7) is 6.12. The van der Waals surface area contributed by atoms with Gasteiger partial charge in [-0.1, -0.05) is 19.3 Å². The predicted molar refractivity (Wildman–Crippen MR) is 168 cm³/mol. The van der Waals surface area contributed by atoms with Gasteiger partial charge in [0.2, 0.25) is 11.8 Å². The lowest BCUT2D eigenvalue weighted by Crippen LogP contribution is -2.68. The van der Waals surface area contributed by atoms with Gasteiger partial charge in [0.15, 0.2) is 0 Å². The van der Waals surface area contributed by atoms with Crippen LogP contribution in [0.3, 0.4) is 0 Å². The molecule has 1 spiro atoms. The minimum atomic E-state index is -1.15. The summed E-state index contributed by atoms with van der Waals surface area (Å²) in [7, 11) is 0. The highest BCUT2D eigenvalue weighted by molar-refractivity contribution is 5.81. The van der Waals surface area contributed by atoms with E-state index in [2.05, 4.69) is 31.1 Å². The van der Waals surface area contributed by atoms with Gasteiger partial charge in [0.1, 0.15) is 12.3 Å². The van der Waals surface area contributed by atoms with E-state index in [1.54, 1.807) is 6.08 Å². The molecule has 2 bridgehead atoms. The average Bonchev–Trinajstić information content (AvgIpc) is 3.46. The Bertz CT molecular complexity index is 1100. The Hall–Kier alpha value is -1.86. The van der Waals surface area contributed by atoms with Gasteiger partial charge in [-0.2, -0.15) is 0 Å². The van der Waals surface area contributed by atoms with Gasteiger partial charge in [-0.15, -0.1) is 0 Å². The normalized spacial score (nSPS) is 39.7. The van der Waals surface area contributed by atoms with Gasteiger partial charge in [-0.05, 0) is 77.2 Å². The summed E-state index contributed by atoms with van der Waals surface area (Å²) in [5.74, 6) is -0.592. The number of nitrogens with zero attached hydrogens (tertiary/aromatic N) is 3. The Morgan fingerprint density at radius 3 is 2.40 bits per heavy atom. The Kier molecular flexibility index (Phi) is 9.40. The van der Waals surface area contributed by atoms with Crippen molar-refractivity contribution in [3.63, 3.8) is 0 Å². The molecule has 0 aromatic carbocycles. The zero-order chi connectivity index (χ0) is 31.1. The minimum absolute atomic E-state index is 0.0164. The highest BCUT2D eigenvalue weighted by atomic mass is 19.1. The van der Waals surface area contributed by atoms with Crippen molar-refractivity contribution in [2.75, 3.05) is 58.9 Å². The first-order valence-corrected chi connectivity index (χ1v) is 17.9. The summed E-state index contributed by atoms with van der Waals surface area (Å²) < 4.78 is 30.5. The van der Waals surface area contributed by atoms with Crippen molar-refractivity contribution < 1.29 is 18.4 Å². The number of piperidine rings is 3. The molecule has 6 fully saturated rings. The van der Waals surface area contributed by atoms with Crippen LogP contribution in [-0.4, -0.2) is 128 Å². The lowest BCUT2D eigenvalue weighted by atomic mass is 9.74. The van der Waals surface area contributed by atoms with E-state index in [1.165, 1.54) is 19.3 Å². The molecular formula is C33H54F2N8O2. The molecule has 45 heavy (non-hydrogen) atoms. The Balaban J connectivity index is 0.974. The van der Waals surface area contributed by atoms with E-state index in [1.807, 2.05) is 4.90 Å². The number of carbonyl (C=O) groups is 2. The third-order valence-corrected chi connectivity index (χ3v) is 12.3. The molecule has 12 heteroatoms. The number of hydrogen-bond acceptors (Lipinski definition) is 8. The molecule has 6 N–H and O–H groups in total. The predicted octanol–water partition coefficient (Wildman–Crippen LogP) is 0.838. The van der Waals surface area contributed by atoms with Crippen molar-refractivity contribution in [3.05, 3.63) is 11.8 Å². The third kappa shape index (κ3) is 6.38. The number of nitrogens with one attached hydrogen (secondary N) is 4. The number of likely N-dealkylation sites (tertiary alicyclic amines) is 3. The number of rotatable bonds is 5. The molecule has 252 valence electrons. The fraction of sp³-hybridized carbons (Fsp3) is 0.879. The number of alkyl halides is 2. The standard InChI is InChI=1S/C33H54F2N8O2/c34-22-14-27-33(8-2-3-9-33)15-25(38-16-22)28(30(36)40-27)31(44)39-26-18-37-17-24(35)29(26)42-12-6-21(7-13-42)32(45)43-19-23(20-43)41-10-4-1-5-11-41/h14,21-26,28-30,37-38,40H,1-13,15-20,36H2,(H,39,44)/b27-14+. The van der Waals surface area contributed by atoms with E-state index in [-0.39, 0.29) is 42.3 Å². The molecule has 1 aliphatic carbocycles. The molecule has 0 radical (unpaired) electrons. The monoisotopic (exact) mass is 632 g/mol. The molecule has 5 saturated heterocycles. The average molecular weight is 633 g/mol. The second kappa shape index (κ2) is 13.3. The van der Waals surface area contributed by atoms with E-state index in [0.717, 1.165) is 64.0 Å². The van der Waals surface area contributed by atoms with E-state index >= 15 is 4.39 Å². The summed E-state index contributed by atoms with van der Waals surface area (Å²) in [4.78, 5) is 34.1. The number of fused-ring (bicyclic) bond motifs is 1. The molecule has 6 aliphatic heterocycles. The first-order valence-electron chi connectivity index (χ1n) is 17.9. The number of nitrogens with two attached hydrogens (primary N) is 1. The molecule has 10 nitrogen and oxygen atoms in total. The van der Waals surface area contributed by atoms with Gasteiger partial charge >= 0.3 is 0 Å². The van der Waals surface area contributed by atoms with Crippen LogP contribution in [0.15, 0.2) is 11.8 Å². The highest BCUT2D eigenvalue weighted by Crippen LogP contribution is 2.50. The summed E-state index contributed by atoms with van der Waals surface area (Å²) in [6, 6.07) is -0.665. The lowest BCUT2D eigenvalue weighted by molar-refractivity contribution is -0.145. The number of allylic oxidation sites excluding steroid dienone is 1. The molecular weight excluding hydrogens is 578 g/mol. The number of carbonyl (C=O) groups excluding carboxylic acids is 2. The first-order chi connectivity index (χ1) is 21.8. The number of halogens is 2. The van der Waals surface area contributed by atoms with Crippen LogP contribution in [0, 0.1) is 17.3 Å². The molecule has 7 unspecified atom stereocenters. The van der Waals surface area contributed by atoms with Crippen molar-refractivity contribution in [3.8, 4) is 0 Å². The molecule has 0 aromatic rings. The minimum Gasteiger partial charge on any atom is -0.372 e. The van der Waals surface area contributed by atoms with Gasteiger partial charge in [0.05, 0.1) is 24.2 Å². The number of amides is 2. The van der Waals surface area contributed by atoms with Crippen LogP contribution in [0.4, 0.5) is 8.78 Å². The molecule has 7 atom stereocenters. The van der Waals surface area contributed by atoms with Crippen LogP contribution >= 0.6 is 0 Å². The summed E-state index contributed by atoms with van der Waals surface area (Å²) in [5, 5.41) is 13.1. The zero-order valence-electron chi connectivity index (χ0n) is 26.7. The number of hydrogen-bond donors (Lipinski definition) is 5. The fourth-order valence-corrected chi connectivity index (χ4v) is 9.75. The SMILES string of the molecule is NC1N/C2=C/C(F)CNC(CC23CCCC3)C1C(=O)NC1CNCC(F)C1N1CCC(C(=O)N2CC(N3CCCCC3)C2)CC1. The zero-order valence-corrected chi connectivity index (χ0v) is 26.7. The van der Waals surface area contributed by atoms with Crippen molar-refractivity contribution in [1.82, 2.24) is 36.0 Å². The van der Waals surface area contributed by atoms with Crippen molar-refractivity contribution in [2.45, 2.75) is 107 Å². The molecule has 2 amide bonds. The Morgan fingerprint density at radius 2 is 1.67 bits per heavy atom. The quantitative estimate of drug-likeness (QED) is 0.303.